The second-order valence-electron chi connectivity index (χ2n) is 8.13. The number of pyridine rings is 2. The summed E-state index contributed by atoms with van der Waals surface area (Å²) in [6.45, 7) is 0. The molecule has 0 aliphatic heterocycles. The van der Waals surface area contributed by atoms with E-state index < -0.39 is 18.0 Å². The third-order valence-electron chi connectivity index (χ3n) is 5.56. The second kappa shape index (κ2) is 10.8. The highest BCUT2D eigenvalue weighted by molar-refractivity contribution is 6.35. The topological polar surface area (TPSA) is 81.2 Å². The number of anilines is 1. The number of halogens is 2. The fourth-order valence-electron chi connectivity index (χ4n) is 3.89. The van der Waals surface area contributed by atoms with Crippen LogP contribution in [0.1, 0.15) is 22.0 Å². The van der Waals surface area contributed by atoms with E-state index in [9.17, 15) is 9.59 Å². The molecule has 0 spiro atoms. The molecule has 1 N–H and O–H groups in total. The lowest BCUT2D eigenvalue weighted by Gasteiger charge is -2.19. The van der Waals surface area contributed by atoms with Crippen molar-refractivity contribution in [2.75, 3.05) is 5.32 Å². The van der Waals surface area contributed by atoms with E-state index >= 15 is 0 Å². The van der Waals surface area contributed by atoms with E-state index in [0.29, 0.717) is 43.6 Å². The van der Waals surface area contributed by atoms with Gasteiger partial charge in [0.2, 0.25) is 6.10 Å². The van der Waals surface area contributed by atoms with Crippen LogP contribution in [0.3, 0.4) is 0 Å². The Balaban J connectivity index is 1.52. The Bertz CT molecular complexity index is 1570. The SMILES string of the molecule is O=C(OC(C(=O)Nc1cc(Cl)cc(Cl)c1)c1ccccc1)c1cc(-c2ccccn2)nc2ccccc12. The quantitative estimate of drug-likeness (QED) is 0.237. The molecule has 5 rings (SSSR count). The number of amides is 1. The normalized spacial score (nSPS) is 11.6. The van der Waals surface area contributed by atoms with Crippen LogP contribution in [0.2, 0.25) is 10.0 Å². The van der Waals surface area contributed by atoms with Gasteiger partial charge in [-0.25, -0.2) is 9.78 Å². The minimum absolute atomic E-state index is 0.269. The van der Waals surface area contributed by atoms with Gasteiger partial charge in [-0.2, -0.15) is 0 Å². The molecular weight excluding hydrogens is 509 g/mol. The van der Waals surface area contributed by atoms with Crippen molar-refractivity contribution < 1.29 is 14.3 Å². The van der Waals surface area contributed by atoms with E-state index in [4.69, 9.17) is 27.9 Å². The summed E-state index contributed by atoms with van der Waals surface area (Å²) >= 11 is 12.2. The second-order valence-corrected chi connectivity index (χ2v) is 9.00. The smallest absolute Gasteiger partial charge is 0.340 e. The number of para-hydroxylation sites is 1. The summed E-state index contributed by atoms with van der Waals surface area (Å²) in [5.74, 6) is -1.23. The van der Waals surface area contributed by atoms with Crippen LogP contribution in [0, 0.1) is 0 Å². The van der Waals surface area contributed by atoms with Crippen LogP contribution in [-0.2, 0) is 9.53 Å². The zero-order chi connectivity index (χ0) is 25.8. The highest BCUT2D eigenvalue weighted by Crippen LogP contribution is 2.28. The highest BCUT2D eigenvalue weighted by atomic mass is 35.5. The van der Waals surface area contributed by atoms with E-state index in [2.05, 4.69) is 15.3 Å². The largest absolute Gasteiger partial charge is 0.444 e. The van der Waals surface area contributed by atoms with Crippen molar-refractivity contribution in [1.29, 1.82) is 0 Å². The molecule has 0 radical (unpaired) electrons. The lowest BCUT2D eigenvalue weighted by atomic mass is 10.1. The third kappa shape index (κ3) is 5.61. The van der Waals surface area contributed by atoms with E-state index in [0.717, 1.165) is 0 Å². The van der Waals surface area contributed by atoms with Gasteiger partial charge in [-0.05, 0) is 42.5 Å². The summed E-state index contributed by atoms with van der Waals surface area (Å²) in [5, 5.41) is 4.07. The van der Waals surface area contributed by atoms with Crippen molar-refractivity contribution in [3.05, 3.63) is 124 Å². The van der Waals surface area contributed by atoms with E-state index in [1.165, 1.54) is 0 Å². The van der Waals surface area contributed by atoms with Crippen LogP contribution in [0.15, 0.2) is 103 Å². The van der Waals surface area contributed by atoms with Crippen molar-refractivity contribution in [3.63, 3.8) is 0 Å². The van der Waals surface area contributed by atoms with Crippen molar-refractivity contribution in [3.8, 4) is 11.4 Å². The molecule has 8 heteroatoms. The monoisotopic (exact) mass is 527 g/mol. The Kier molecular flexibility index (Phi) is 7.12. The number of ether oxygens (including phenoxy) is 1. The number of rotatable bonds is 6. The van der Waals surface area contributed by atoms with E-state index in [-0.39, 0.29) is 5.56 Å². The van der Waals surface area contributed by atoms with Crippen molar-refractivity contribution in [1.82, 2.24) is 9.97 Å². The first-order chi connectivity index (χ1) is 18.0. The molecule has 0 saturated carbocycles. The lowest BCUT2D eigenvalue weighted by molar-refractivity contribution is -0.125. The highest BCUT2D eigenvalue weighted by Gasteiger charge is 2.27. The van der Waals surface area contributed by atoms with Gasteiger partial charge in [0.05, 0.1) is 22.5 Å². The fourth-order valence-corrected chi connectivity index (χ4v) is 4.42. The molecule has 0 bridgehead atoms. The molecule has 2 heterocycles. The van der Waals surface area contributed by atoms with Crippen LogP contribution < -0.4 is 5.32 Å². The molecule has 3 aromatic carbocycles. The summed E-state index contributed by atoms with van der Waals surface area (Å²) < 4.78 is 5.85. The maximum Gasteiger partial charge on any atom is 0.340 e. The summed E-state index contributed by atoms with van der Waals surface area (Å²) in [6, 6.07) is 27.8. The lowest BCUT2D eigenvalue weighted by Crippen LogP contribution is -2.26. The molecule has 182 valence electrons. The number of hydrogen-bond acceptors (Lipinski definition) is 5. The number of carbonyl (C=O) groups excluding carboxylic acids is 2. The Morgan fingerprint density at radius 3 is 2.22 bits per heavy atom. The van der Waals surface area contributed by atoms with Gasteiger partial charge in [0.1, 0.15) is 0 Å². The Labute approximate surface area is 222 Å². The number of esters is 1. The molecule has 0 aliphatic rings. The standard InChI is InChI=1S/C29H19Cl2N3O3/c30-19-14-20(31)16-21(15-19)33-28(35)27(18-8-2-1-3-9-18)37-29(36)23-17-26(25-12-6-7-13-32-25)34-24-11-5-4-10-22(23)24/h1-17,27H,(H,33,35). The van der Waals surface area contributed by atoms with Crippen molar-refractivity contribution >= 4 is 51.7 Å². The van der Waals surface area contributed by atoms with Gasteiger partial charge in [-0.1, -0.05) is 77.8 Å². The first-order valence-electron chi connectivity index (χ1n) is 11.3. The third-order valence-corrected chi connectivity index (χ3v) is 6.00. The van der Waals surface area contributed by atoms with Crippen LogP contribution in [0.25, 0.3) is 22.3 Å². The number of hydrogen-bond donors (Lipinski definition) is 1. The molecule has 1 atom stereocenters. The van der Waals surface area contributed by atoms with Crippen molar-refractivity contribution in [2.45, 2.75) is 6.10 Å². The zero-order valence-corrected chi connectivity index (χ0v) is 20.8. The molecule has 0 aliphatic carbocycles. The van der Waals surface area contributed by atoms with Gasteiger partial charge in [0.15, 0.2) is 0 Å². The number of nitrogens with zero attached hydrogens (tertiary/aromatic N) is 2. The summed E-state index contributed by atoms with van der Waals surface area (Å²) in [6.07, 6.45) is 0.416. The maximum atomic E-state index is 13.6. The Morgan fingerprint density at radius 1 is 0.784 bits per heavy atom. The summed E-state index contributed by atoms with van der Waals surface area (Å²) in [4.78, 5) is 36.0. The van der Waals surface area contributed by atoms with Gasteiger partial charge in [-0.3, -0.25) is 9.78 Å². The van der Waals surface area contributed by atoms with Crippen LogP contribution >= 0.6 is 23.2 Å². The Hall–Kier alpha value is -4.26. The van der Waals surface area contributed by atoms with Crippen LogP contribution in [0.5, 0.6) is 0 Å². The predicted octanol–water partition coefficient (Wildman–Crippen LogP) is 7.14. The van der Waals surface area contributed by atoms with Crippen LogP contribution in [-0.4, -0.2) is 21.8 Å². The molecule has 37 heavy (non-hydrogen) atoms. The van der Waals surface area contributed by atoms with Gasteiger partial charge < -0.3 is 10.1 Å². The summed E-state index contributed by atoms with van der Waals surface area (Å²) in [5.41, 5.74) is 2.88. The van der Waals surface area contributed by atoms with E-state index in [1.807, 2.05) is 36.4 Å². The molecule has 0 saturated heterocycles. The first-order valence-corrected chi connectivity index (χ1v) is 12.1. The fraction of sp³-hybridized carbons (Fsp3) is 0.0345. The molecular formula is C29H19Cl2N3O3. The zero-order valence-electron chi connectivity index (χ0n) is 19.3. The first kappa shape index (κ1) is 24.4. The number of fused-ring (bicyclic) bond motifs is 1. The number of aromatic nitrogens is 2. The van der Waals surface area contributed by atoms with Crippen LogP contribution in [0.4, 0.5) is 5.69 Å². The van der Waals surface area contributed by atoms with Crippen molar-refractivity contribution in [2.24, 2.45) is 0 Å². The molecule has 1 amide bonds. The number of carbonyl (C=O) groups is 2. The van der Waals surface area contributed by atoms with E-state index in [1.54, 1.807) is 66.9 Å². The number of nitrogens with one attached hydrogen (secondary N) is 1. The van der Waals surface area contributed by atoms with Gasteiger partial charge in [0.25, 0.3) is 5.91 Å². The minimum atomic E-state index is -1.24. The summed E-state index contributed by atoms with van der Waals surface area (Å²) in [7, 11) is 0. The molecule has 5 aromatic rings. The molecule has 1 unspecified atom stereocenters. The van der Waals surface area contributed by atoms with Gasteiger partial charge in [-0.15, -0.1) is 0 Å². The minimum Gasteiger partial charge on any atom is -0.444 e. The molecule has 0 fully saturated rings. The average Bonchev–Trinajstić information content (AvgIpc) is 2.91. The van der Waals surface area contributed by atoms with Gasteiger partial charge >= 0.3 is 5.97 Å². The number of benzene rings is 3. The van der Waals surface area contributed by atoms with Gasteiger partial charge in [0, 0.05) is 32.9 Å². The average molecular weight is 528 g/mol. The molecule has 6 nitrogen and oxygen atoms in total. The Morgan fingerprint density at radius 2 is 1.49 bits per heavy atom. The maximum absolute atomic E-state index is 13.6. The molecule has 2 aromatic heterocycles. The predicted molar refractivity (Wildman–Crippen MR) is 145 cm³/mol.